The Morgan fingerprint density at radius 1 is 1.19 bits per heavy atom. The molecule has 4 aromatic rings. The standard InChI is InChI=1S/C19H17N5OS/c1-2-13-10-17(19(25)21-12-14-6-5-9-26-14)22-18-11-16(23-24(13)18)15-7-3-4-8-20-15/h3-11H,2,12H2,1H3,(H,21,25). The molecule has 1 N–H and O–H groups in total. The van der Waals surface area contributed by atoms with Gasteiger partial charge in [-0.15, -0.1) is 11.3 Å². The van der Waals surface area contributed by atoms with Crippen molar-refractivity contribution in [2.45, 2.75) is 19.9 Å². The van der Waals surface area contributed by atoms with E-state index in [2.05, 4.69) is 20.4 Å². The van der Waals surface area contributed by atoms with Crippen LogP contribution in [0.5, 0.6) is 0 Å². The second kappa shape index (κ2) is 7.05. The summed E-state index contributed by atoms with van der Waals surface area (Å²) in [6.45, 7) is 2.54. The van der Waals surface area contributed by atoms with Crippen LogP contribution in [0.4, 0.5) is 0 Å². The molecule has 4 heterocycles. The van der Waals surface area contributed by atoms with E-state index in [4.69, 9.17) is 0 Å². The third-order valence-electron chi connectivity index (χ3n) is 4.03. The molecule has 0 aliphatic heterocycles. The van der Waals surface area contributed by atoms with E-state index >= 15 is 0 Å². The molecule has 0 saturated carbocycles. The van der Waals surface area contributed by atoms with Gasteiger partial charge in [0.2, 0.25) is 0 Å². The lowest BCUT2D eigenvalue weighted by Gasteiger charge is -2.07. The lowest BCUT2D eigenvalue weighted by atomic mass is 10.2. The fourth-order valence-electron chi connectivity index (χ4n) is 2.72. The number of thiophene rings is 1. The maximum atomic E-state index is 12.5. The summed E-state index contributed by atoms with van der Waals surface area (Å²) in [6.07, 6.45) is 2.48. The molecule has 0 aromatic carbocycles. The molecule has 130 valence electrons. The zero-order valence-electron chi connectivity index (χ0n) is 14.2. The van der Waals surface area contributed by atoms with Crippen molar-refractivity contribution in [2.75, 3.05) is 0 Å². The Kier molecular flexibility index (Phi) is 4.45. The van der Waals surface area contributed by atoms with E-state index in [9.17, 15) is 4.79 Å². The van der Waals surface area contributed by atoms with E-state index in [0.717, 1.165) is 28.4 Å². The second-order valence-electron chi connectivity index (χ2n) is 5.76. The van der Waals surface area contributed by atoms with Crippen LogP contribution in [0.1, 0.15) is 28.0 Å². The van der Waals surface area contributed by atoms with Gasteiger partial charge in [0.1, 0.15) is 11.4 Å². The van der Waals surface area contributed by atoms with Gasteiger partial charge in [-0.3, -0.25) is 9.78 Å². The van der Waals surface area contributed by atoms with Crippen molar-refractivity contribution >= 4 is 22.9 Å². The summed E-state index contributed by atoms with van der Waals surface area (Å²) < 4.78 is 1.78. The molecular weight excluding hydrogens is 346 g/mol. The molecule has 0 saturated heterocycles. The highest BCUT2D eigenvalue weighted by molar-refractivity contribution is 7.09. The first kappa shape index (κ1) is 16.4. The van der Waals surface area contributed by atoms with Gasteiger partial charge in [0, 0.05) is 22.8 Å². The van der Waals surface area contributed by atoms with E-state index in [0.29, 0.717) is 17.9 Å². The van der Waals surface area contributed by atoms with Gasteiger partial charge in [-0.25, -0.2) is 9.50 Å². The number of pyridine rings is 1. The Hall–Kier alpha value is -3.06. The van der Waals surface area contributed by atoms with Crippen LogP contribution in [-0.4, -0.2) is 25.5 Å². The average Bonchev–Trinajstić information content (AvgIpc) is 3.35. The van der Waals surface area contributed by atoms with Crippen LogP contribution < -0.4 is 5.32 Å². The number of carbonyl (C=O) groups excluding carboxylic acids is 1. The molecule has 26 heavy (non-hydrogen) atoms. The molecule has 6 nitrogen and oxygen atoms in total. The molecule has 0 fully saturated rings. The lowest BCUT2D eigenvalue weighted by molar-refractivity contribution is 0.0946. The molecular formula is C19H17N5OS. The van der Waals surface area contributed by atoms with Gasteiger partial charge in [0.25, 0.3) is 5.91 Å². The van der Waals surface area contributed by atoms with E-state index < -0.39 is 0 Å². The number of amides is 1. The maximum Gasteiger partial charge on any atom is 0.270 e. The molecule has 0 aliphatic rings. The van der Waals surface area contributed by atoms with Crippen LogP contribution in [0.15, 0.2) is 54.0 Å². The van der Waals surface area contributed by atoms with Crippen molar-refractivity contribution in [2.24, 2.45) is 0 Å². The fourth-order valence-corrected chi connectivity index (χ4v) is 3.36. The van der Waals surface area contributed by atoms with Crippen LogP contribution in [-0.2, 0) is 13.0 Å². The third kappa shape index (κ3) is 3.21. The van der Waals surface area contributed by atoms with Gasteiger partial charge in [-0.05, 0) is 36.1 Å². The highest BCUT2D eigenvalue weighted by atomic mass is 32.1. The van der Waals surface area contributed by atoms with Crippen LogP contribution in [0, 0.1) is 0 Å². The Morgan fingerprint density at radius 3 is 2.85 bits per heavy atom. The number of carbonyl (C=O) groups is 1. The maximum absolute atomic E-state index is 12.5. The van der Waals surface area contributed by atoms with Crippen LogP contribution in [0.25, 0.3) is 17.0 Å². The Morgan fingerprint density at radius 2 is 2.12 bits per heavy atom. The Bertz CT molecular complexity index is 1040. The highest BCUT2D eigenvalue weighted by Crippen LogP contribution is 2.18. The van der Waals surface area contributed by atoms with Crippen molar-refractivity contribution in [1.29, 1.82) is 0 Å². The molecule has 0 aliphatic carbocycles. The zero-order valence-corrected chi connectivity index (χ0v) is 15.0. The predicted octanol–water partition coefficient (Wildman–Crippen LogP) is 3.35. The third-order valence-corrected chi connectivity index (χ3v) is 4.90. The molecule has 1 amide bonds. The predicted molar refractivity (Wildman–Crippen MR) is 101 cm³/mol. The Labute approximate surface area is 154 Å². The number of fused-ring (bicyclic) bond motifs is 1. The van der Waals surface area contributed by atoms with Crippen molar-refractivity contribution < 1.29 is 4.79 Å². The van der Waals surface area contributed by atoms with Gasteiger partial charge in [-0.2, -0.15) is 5.10 Å². The molecule has 0 atom stereocenters. The largest absolute Gasteiger partial charge is 0.346 e. The summed E-state index contributed by atoms with van der Waals surface area (Å²) in [7, 11) is 0. The number of rotatable bonds is 5. The van der Waals surface area contributed by atoms with Gasteiger partial charge >= 0.3 is 0 Å². The van der Waals surface area contributed by atoms with Crippen LogP contribution in [0.2, 0.25) is 0 Å². The topological polar surface area (TPSA) is 72.2 Å². The monoisotopic (exact) mass is 363 g/mol. The number of nitrogens with zero attached hydrogens (tertiary/aromatic N) is 4. The summed E-state index contributed by atoms with van der Waals surface area (Å²) in [5, 5.41) is 9.52. The minimum atomic E-state index is -0.184. The molecule has 4 aromatic heterocycles. The highest BCUT2D eigenvalue weighted by Gasteiger charge is 2.14. The molecule has 0 bridgehead atoms. The minimum Gasteiger partial charge on any atom is -0.346 e. The average molecular weight is 363 g/mol. The van der Waals surface area contributed by atoms with Crippen LogP contribution in [0.3, 0.4) is 0 Å². The quantitative estimate of drug-likeness (QED) is 0.590. The number of hydrogen-bond donors (Lipinski definition) is 1. The minimum absolute atomic E-state index is 0.184. The number of aryl methyl sites for hydroxylation is 1. The SMILES string of the molecule is CCc1cc(C(=O)NCc2cccs2)nc2cc(-c3ccccn3)nn12. The summed E-state index contributed by atoms with van der Waals surface area (Å²) in [6, 6.07) is 13.3. The van der Waals surface area contributed by atoms with Gasteiger partial charge < -0.3 is 5.32 Å². The summed E-state index contributed by atoms with van der Waals surface area (Å²) in [5.41, 5.74) is 3.50. The molecule has 4 rings (SSSR count). The number of nitrogens with one attached hydrogen (secondary N) is 1. The summed E-state index contributed by atoms with van der Waals surface area (Å²) in [4.78, 5) is 22.5. The van der Waals surface area contributed by atoms with Crippen LogP contribution >= 0.6 is 11.3 Å². The lowest BCUT2D eigenvalue weighted by Crippen LogP contribution is -2.24. The van der Waals surface area contributed by atoms with Gasteiger partial charge in [0.05, 0.1) is 12.2 Å². The van der Waals surface area contributed by atoms with Gasteiger partial charge in [-0.1, -0.05) is 19.1 Å². The first-order valence-electron chi connectivity index (χ1n) is 8.36. The summed E-state index contributed by atoms with van der Waals surface area (Å²) >= 11 is 1.62. The normalized spacial score (nSPS) is 11.0. The molecule has 0 radical (unpaired) electrons. The van der Waals surface area contributed by atoms with Crippen molar-refractivity contribution in [3.05, 3.63) is 70.3 Å². The number of hydrogen-bond acceptors (Lipinski definition) is 5. The zero-order chi connectivity index (χ0) is 17.9. The van der Waals surface area contributed by atoms with Crippen molar-refractivity contribution in [3.63, 3.8) is 0 Å². The van der Waals surface area contributed by atoms with E-state index in [1.807, 2.05) is 48.7 Å². The molecule has 0 unspecified atom stereocenters. The van der Waals surface area contributed by atoms with Crippen molar-refractivity contribution in [3.8, 4) is 11.4 Å². The summed E-state index contributed by atoms with van der Waals surface area (Å²) in [5.74, 6) is -0.184. The first-order chi connectivity index (χ1) is 12.7. The van der Waals surface area contributed by atoms with E-state index in [1.54, 1.807) is 28.1 Å². The van der Waals surface area contributed by atoms with E-state index in [-0.39, 0.29) is 5.91 Å². The Balaban J connectivity index is 1.66. The fraction of sp³-hybridized carbons (Fsp3) is 0.158. The van der Waals surface area contributed by atoms with E-state index in [1.165, 1.54) is 0 Å². The molecule has 7 heteroatoms. The molecule has 0 spiro atoms. The van der Waals surface area contributed by atoms with Gasteiger partial charge in [0.15, 0.2) is 5.65 Å². The number of aromatic nitrogens is 4. The smallest absolute Gasteiger partial charge is 0.270 e. The van der Waals surface area contributed by atoms with Crippen molar-refractivity contribution in [1.82, 2.24) is 24.9 Å². The first-order valence-corrected chi connectivity index (χ1v) is 9.24. The second-order valence-corrected chi connectivity index (χ2v) is 6.80.